The van der Waals surface area contributed by atoms with Gasteiger partial charge in [-0.15, -0.1) is 0 Å². The molecular formula is C28H33FN4O8. The van der Waals surface area contributed by atoms with Crippen molar-refractivity contribution in [2.75, 3.05) is 26.0 Å². The van der Waals surface area contributed by atoms with Crippen molar-refractivity contribution < 1.29 is 44.0 Å². The molecular weight excluding hydrogens is 539 g/mol. The molecule has 0 aromatic heterocycles. The fourth-order valence-corrected chi connectivity index (χ4v) is 6.93. The molecule has 220 valence electrons. The molecule has 0 heterocycles. The Morgan fingerprint density at radius 2 is 1.83 bits per heavy atom. The zero-order valence-electron chi connectivity index (χ0n) is 22.7. The molecule has 4 aliphatic rings. The van der Waals surface area contributed by atoms with Crippen molar-refractivity contribution in [1.29, 1.82) is 0 Å². The molecule has 8 N–H and O–H groups in total. The molecule has 0 bridgehead atoms. The van der Waals surface area contributed by atoms with E-state index < -0.39 is 86.7 Å². The van der Waals surface area contributed by atoms with Gasteiger partial charge in [0.25, 0.3) is 5.91 Å². The molecule has 0 saturated heterocycles. The van der Waals surface area contributed by atoms with Gasteiger partial charge in [0.15, 0.2) is 17.1 Å². The number of primary amides is 1. The van der Waals surface area contributed by atoms with E-state index in [4.69, 9.17) is 5.73 Å². The second-order valence-corrected chi connectivity index (χ2v) is 11.5. The number of Topliss-reactive ketones (excluding diaryl/α,β-unsaturated/α-hetero) is 2. The number of fused-ring (bicyclic) bond motifs is 3. The molecule has 0 unspecified atom stereocenters. The van der Waals surface area contributed by atoms with E-state index in [1.54, 1.807) is 0 Å². The lowest BCUT2D eigenvalue weighted by Crippen LogP contribution is -2.63. The maximum atomic E-state index is 15.4. The molecule has 1 fully saturated rings. The summed E-state index contributed by atoms with van der Waals surface area (Å²) in [5.41, 5.74) is 0.201. The van der Waals surface area contributed by atoms with Crippen molar-refractivity contribution >= 4 is 29.1 Å². The third-order valence-electron chi connectivity index (χ3n) is 8.85. The number of ketones is 2. The van der Waals surface area contributed by atoms with Crippen LogP contribution >= 0.6 is 0 Å². The highest BCUT2D eigenvalue weighted by Crippen LogP contribution is 2.53. The number of nitrogens with zero attached hydrogens (tertiary/aromatic N) is 1. The Morgan fingerprint density at radius 1 is 1.17 bits per heavy atom. The van der Waals surface area contributed by atoms with E-state index in [0.717, 1.165) is 31.7 Å². The van der Waals surface area contributed by atoms with Crippen LogP contribution in [0.4, 0.5) is 10.1 Å². The van der Waals surface area contributed by atoms with Crippen LogP contribution in [0.3, 0.4) is 0 Å². The molecule has 0 radical (unpaired) electrons. The maximum Gasteiger partial charge on any atom is 0.255 e. The van der Waals surface area contributed by atoms with E-state index in [2.05, 4.69) is 10.6 Å². The Balaban J connectivity index is 1.54. The van der Waals surface area contributed by atoms with Crippen molar-refractivity contribution in [3.8, 4) is 5.75 Å². The van der Waals surface area contributed by atoms with Gasteiger partial charge in [-0.25, -0.2) is 4.39 Å². The Labute approximate surface area is 234 Å². The lowest BCUT2D eigenvalue weighted by atomic mass is 9.58. The number of aromatic hydroxyl groups is 1. The minimum Gasteiger partial charge on any atom is -0.510 e. The first-order valence-corrected chi connectivity index (χ1v) is 13.5. The minimum atomic E-state index is -2.80. The number of nitrogens with two attached hydrogens (primary N) is 1. The van der Waals surface area contributed by atoms with Gasteiger partial charge in [-0.05, 0) is 45.7 Å². The first kappa shape index (κ1) is 28.7. The highest BCUT2D eigenvalue weighted by molar-refractivity contribution is 6.25. The Hall–Kier alpha value is -3.81. The zero-order chi connectivity index (χ0) is 30.0. The molecule has 4 atom stereocenters. The predicted molar refractivity (Wildman–Crippen MR) is 143 cm³/mol. The molecule has 13 heteroatoms. The summed E-state index contributed by atoms with van der Waals surface area (Å²) in [5, 5.41) is 50.2. The average Bonchev–Trinajstić information content (AvgIpc) is 3.41. The van der Waals surface area contributed by atoms with Crippen LogP contribution < -0.4 is 16.4 Å². The van der Waals surface area contributed by atoms with Crippen LogP contribution in [-0.2, 0) is 20.8 Å². The number of nitrogens with one attached hydrogen (secondary N) is 2. The molecule has 12 nitrogen and oxygen atoms in total. The number of hydrogen-bond donors (Lipinski definition) is 7. The SMILES string of the molecule is CN(C)[C@@H]1C(O)=C(C(N)=O)C(=O)[C@@]2(O)C(O)=C3C(=O)c4c(O)c(NC(=O)CNC5CCCC5)cc(F)c4C[C@H]3C[C@@H]12. The first-order valence-electron chi connectivity index (χ1n) is 13.5. The van der Waals surface area contributed by atoms with Crippen LogP contribution in [-0.4, -0.2) is 87.0 Å². The highest BCUT2D eigenvalue weighted by Gasteiger charge is 2.63. The number of phenolic OH excluding ortho intramolecular Hbond substituents is 1. The summed E-state index contributed by atoms with van der Waals surface area (Å²) in [6.07, 6.45) is 3.63. The number of halogens is 1. The standard InChI is InChI=1S/C28H33FN4O8/c1-33(2)21-14-8-11-7-13-15(29)9-16(32-17(34)10-31-12-5-3-4-6-12)22(35)19(13)23(36)18(11)25(38)28(14,41)26(39)20(24(21)37)27(30)40/h9,11-12,14,21,31,35,37-38,41H,3-8,10H2,1-2H3,(H2,30,40)(H,32,34)/t11-,14-,21-,28-/m0/s1. The number of hydrogen-bond acceptors (Lipinski definition) is 10. The first-order chi connectivity index (χ1) is 19.3. The number of phenols is 1. The second-order valence-electron chi connectivity index (χ2n) is 11.5. The number of benzene rings is 1. The third kappa shape index (κ3) is 4.39. The monoisotopic (exact) mass is 572 g/mol. The number of likely N-dealkylation sites (N-methyl/N-ethyl adjacent to an activating group) is 1. The van der Waals surface area contributed by atoms with E-state index in [0.29, 0.717) is 0 Å². The van der Waals surface area contributed by atoms with E-state index in [-0.39, 0.29) is 36.7 Å². The van der Waals surface area contributed by atoms with E-state index in [9.17, 15) is 39.6 Å². The molecule has 41 heavy (non-hydrogen) atoms. The number of amides is 2. The third-order valence-corrected chi connectivity index (χ3v) is 8.85. The molecule has 1 aromatic rings. The minimum absolute atomic E-state index is 0.0864. The van der Waals surface area contributed by atoms with E-state index in [1.807, 2.05) is 0 Å². The fourth-order valence-electron chi connectivity index (χ4n) is 6.93. The van der Waals surface area contributed by atoms with Crippen LogP contribution in [0.2, 0.25) is 0 Å². The Kier molecular flexibility index (Phi) is 7.16. The molecule has 0 aliphatic heterocycles. The number of aliphatic hydroxyl groups is 3. The van der Waals surface area contributed by atoms with Gasteiger partial charge in [0, 0.05) is 29.2 Å². The molecule has 2 amide bonds. The van der Waals surface area contributed by atoms with Gasteiger partial charge in [0.1, 0.15) is 22.9 Å². The van der Waals surface area contributed by atoms with Gasteiger partial charge in [0.2, 0.25) is 11.7 Å². The smallest absolute Gasteiger partial charge is 0.255 e. The Bertz CT molecular complexity index is 1430. The molecule has 4 aliphatic carbocycles. The van der Waals surface area contributed by atoms with Crippen molar-refractivity contribution in [3.63, 3.8) is 0 Å². The largest absolute Gasteiger partial charge is 0.510 e. The van der Waals surface area contributed by atoms with Crippen molar-refractivity contribution in [3.05, 3.63) is 45.7 Å². The lowest BCUT2D eigenvalue weighted by molar-refractivity contribution is -0.148. The molecule has 0 spiro atoms. The average molecular weight is 573 g/mol. The molecule has 5 rings (SSSR count). The predicted octanol–water partition coefficient (Wildman–Crippen LogP) is 0.730. The summed E-state index contributed by atoms with van der Waals surface area (Å²) in [4.78, 5) is 53.1. The van der Waals surface area contributed by atoms with Gasteiger partial charge in [-0.2, -0.15) is 0 Å². The van der Waals surface area contributed by atoms with Crippen molar-refractivity contribution in [1.82, 2.24) is 10.2 Å². The number of carbonyl (C=O) groups is 4. The quantitative estimate of drug-likeness (QED) is 0.188. The van der Waals surface area contributed by atoms with Crippen LogP contribution in [0.25, 0.3) is 0 Å². The van der Waals surface area contributed by atoms with Crippen LogP contribution in [0, 0.1) is 17.7 Å². The topological polar surface area (TPSA) is 203 Å². The van der Waals surface area contributed by atoms with Gasteiger partial charge in [0.05, 0.1) is 23.8 Å². The number of anilines is 1. The number of carbonyl (C=O) groups excluding carboxylic acids is 4. The molecule has 1 saturated carbocycles. The summed E-state index contributed by atoms with van der Waals surface area (Å²) in [5.74, 6) is -9.71. The summed E-state index contributed by atoms with van der Waals surface area (Å²) >= 11 is 0. The zero-order valence-corrected chi connectivity index (χ0v) is 22.7. The van der Waals surface area contributed by atoms with Gasteiger partial charge in [-0.3, -0.25) is 24.1 Å². The highest BCUT2D eigenvalue weighted by atomic mass is 19.1. The lowest BCUT2D eigenvalue weighted by Gasteiger charge is -2.50. The van der Waals surface area contributed by atoms with Crippen LogP contribution in [0.1, 0.15) is 48.0 Å². The Morgan fingerprint density at radius 3 is 2.44 bits per heavy atom. The number of rotatable bonds is 6. The van der Waals surface area contributed by atoms with Crippen molar-refractivity contribution in [2.45, 2.75) is 56.2 Å². The summed E-state index contributed by atoms with van der Waals surface area (Å²) in [6, 6.07) is -0.0391. The van der Waals surface area contributed by atoms with Gasteiger partial charge >= 0.3 is 0 Å². The summed E-state index contributed by atoms with van der Waals surface area (Å²) < 4.78 is 15.4. The normalized spacial score (nSPS) is 28.1. The fraction of sp³-hybridized carbons (Fsp3) is 0.500. The van der Waals surface area contributed by atoms with E-state index >= 15 is 4.39 Å². The summed E-state index contributed by atoms with van der Waals surface area (Å²) in [7, 11) is 3.04. The molecule has 1 aromatic carbocycles. The maximum absolute atomic E-state index is 15.4. The second kappa shape index (κ2) is 10.2. The summed E-state index contributed by atoms with van der Waals surface area (Å²) in [6.45, 7) is -0.0864. The van der Waals surface area contributed by atoms with Gasteiger partial charge in [-0.1, -0.05) is 12.8 Å². The van der Waals surface area contributed by atoms with Crippen molar-refractivity contribution in [2.24, 2.45) is 17.6 Å². The van der Waals surface area contributed by atoms with Gasteiger partial charge < -0.3 is 36.8 Å². The van der Waals surface area contributed by atoms with E-state index in [1.165, 1.54) is 19.0 Å². The van der Waals surface area contributed by atoms with Crippen LogP contribution in [0.5, 0.6) is 5.75 Å². The number of aliphatic hydroxyl groups excluding tert-OH is 2. The number of allylic oxidation sites excluding steroid dienone is 1. The van der Waals surface area contributed by atoms with Crippen LogP contribution in [0.15, 0.2) is 28.7 Å².